The van der Waals surface area contributed by atoms with E-state index in [4.69, 9.17) is 44.4 Å². The molecule has 2 saturated heterocycles. The number of nitrogens with one attached hydrogen (secondary N) is 1. The van der Waals surface area contributed by atoms with E-state index >= 15 is 0 Å². The van der Waals surface area contributed by atoms with Gasteiger partial charge in [-0.05, 0) is 95.2 Å². The lowest BCUT2D eigenvalue weighted by atomic mass is 10.00. The Morgan fingerprint density at radius 2 is 1.01 bits per heavy atom. The summed E-state index contributed by atoms with van der Waals surface area (Å²) in [6, 6.07) is 2.83. The molecule has 27 nitrogen and oxygen atoms in total. The molecule has 0 bridgehead atoms. The zero-order chi connectivity index (χ0) is 54.4. The Morgan fingerprint density at radius 3 is 1.34 bits per heavy atom. The topological polar surface area (TPSA) is 430 Å². The van der Waals surface area contributed by atoms with E-state index in [-0.39, 0.29) is 54.9 Å². The molecule has 2 aliphatic heterocycles. The number of carbonyl (C=O) groups excluding carboxylic acids is 5. The van der Waals surface area contributed by atoms with Gasteiger partial charge in [0, 0.05) is 31.7 Å². The summed E-state index contributed by atoms with van der Waals surface area (Å²) in [5.74, 6) is -6.58. The van der Waals surface area contributed by atoms with Crippen molar-refractivity contribution in [3.05, 3.63) is 45.5 Å². The highest BCUT2D eigenvalue weighted by molar-refractivity contribution is 5.93. The lowest BCUT2D eigenvalue weighted by Gasteiger charge is -2.25. The predicted octanol–water partition coefficient (Wildman–Crippen LogP) is -0.130. The van der Waals surface area contributed by atoms with E-state index in [0.717, 1.165) is 4.57 Å². The smallest absolute Gasteiger partial charge is 0.351 e. The van der Waals surface area contributed by atoms with Crippen molar-refractivity contribution in [1.82, 2.24) is 19.1 Å². The third kappa shape index (κ3) is 25.0. The third-order valence-electron chi connectivity index (χ3n) is 9.34. The molecular weight excluding hydrogens is 973 g/mol. The van der Waals surface area contributed by atoms with Crippen LogP contribution in [0.25, 0.3) is 0 Å². The van der Waals surface area contributed by atoms with Gasteiger partial charge in [-0.15, -0.1) is 0 Å². The van der Waals surface area contributed by atoms with Crippen molar-refractivity contribution in [2.45, 2.75) is 181 Å². The van der Waals surface area contributed by atoms with Gasteiger partial charge in [-0.3, -0.25) is 37.9 Å². The fourth-order valence-corrected chi connectivity index (χ4v) is 6.49. The van der Waals surface area contributed by atoms with E-state index < -0.39 is 138 Å². The number of aliphatic hydroxyl groups is 4. The SMILES string of the molecule is CC(C)(C)OC(=O)CC(CC(=O)O)C(=O)OC(C)(C)C.CC(C)(C)OC(=O)C[C@@H](CC(=O)Nc1ccn([C@H]2CC(O)[C@@H](CO)O2)c(=O)n1)C(=O)OC(C)(C)C.Nc1ccn([C@H]2CC(O)[C@@H](CO)O2)c(=O)n1.O.O. The lowest BCUT2D eigenvalue weighted by Crippen LogP contribution is -2.34. The van der Waals surface area contributed by atoms with Gasteiger partial charge < -0.3 is 76.0 Å². The van der Waals surface area contributed by atoms with Crippen molar-refractivity contribution in [2.24, 2.45) is 11.8 Å². The average Bonchev–Trinajstić information content (AvgIpc) is 3.75. The van der Waals surface area contributed by atoms with E-state index in [9.17, 15) is 53.7 Å². The molecule has 0 aromatic carbocycles. The first-order valence-corrected chi connectivity index (χ1v) is 22.7. The zero-order valence-corrected chi connectivity index (χ0v) is 43.4. The van der Waals surface area contributed by atoms with Crippen molar-refractivity contribution in [3.8, 4) is 0 Å². The number of esters is 4. The highest BCUT2D eigenvalue weighted by atomic mass is 16.6. The molecule has 73 heavy (non-hydrogen) atoms. The van der Waals surface area contributed by atoms with Crippen molar-refractivity contribution >= 4 is 47.4 Å². The van der Waals surface area contributed by atoms with Crippen molar-refractivity contribution < 1.29 is 93.7 Å². The van der Waals surface area contributed by atoms with Gasteiger partial charge in [0.1, 0.15) is 58.7 Å². The standard InChI is InChI=1S/C23H35N3O9.C14H24O6.C9H13N3O4.2H2O/c1-22(2,3)34-19(30)10-13(20(31)35-23(4,5)6)9-17(29)24-16-7-8-26(21(32)25-16)18-11-14(28)15(12-27)33-18;1-13(2,3)19-11(17)8-9(7-10(15)16)12(18)20-14(4,5)6;10-7-1-2-12(9(15)11-7)8-3-5(14)6(4-13)16-8;;/h7-8,13-15,18,27-28H,9-12H2,1-6H3,(H,24,25,29,32);9H,7-8H2,1-6H3,(H,15,16);1-2,5-6,8,13-14H,3-4H2,(H2,10,11,15);2*1H2/t13-,14?,15-,18-;;5?,6-,8-;;/m1.1../s1. The van der Waals surface area contributed by atoms with Crippen LogP contribution in [-0.4, -0.2) is 151 Å². The molecule has 12 N–H and O–H groups in total. The van der Waals surface area contributed by atoms with E-state index in [1.807, 2.05) is 0 Å². The lowest BCUT2D eigenvalue weighted by molar-refractivity contribution is -0.169. The Bertz CT molecular complexity index is 2260. The predicted molar refractivity (Wildman–Crippen MR) is 257 cm³/mol. The van der Waals surface area contributed by atoms with Crippen LogP contribution in [-0.2, 0) is 57.2 Å². The van der Waals surface area contributed by atoms with Crippen molar-refractivity contribution in [3.63, 3.8) is 0 Å². The molecule has 2 fully saturated rings. The number of carboxylic acid groups (broad SMARTS) is 1. The Morgan fingerprint density at radius 1 is 0.644 bits per heavy atom. The number of hydrogen-bond acceptors (Lipinski definition) is 21. The number of aliphatic carboxylic acids is 1. The minimum Gasteiger partial charge on any atom is -0.481 e. The summed E-state index contributed by atoms with van der Waals surface area (Å²) in [5.41, 5.74) is 1.08. The van der Waals surface area contributed by atoms with Gasteiger partial charge in [0.2, 0.25) is 5.91 Å². The van der Waals surface area contributed by atoms with Gasteiger partial charge in [-0.1, -0.05) is 0 Å². The number of aromatic nitrogens is 4. The summed E-state index contributed by atoms with van der Waals surface area (Å²) in [7, 11) is 0. The summed E-state index contributed by atoms with van der Waals surface area (Å²) in [6.07, 6.45) is -2.96. The Kier molecular flexibility index (Phi) is 26.2. The van der Waals surface area contributed by atoms with E-state index in [0.29, 0.717) is 0 Å². The van der Waals surface area contributed by atoms with Crippen molar-refractivity contribution in [1.29, 1.82) is 0 Å². The van der Waals surface area contributed by atoms with Crippen LogP contribution in [0, 0.1) is 11.8 Å². The highest BCUT2D eigenvalue weighted by Gasteiger charge is 2.37. The summed E-state index contributed by atoms with van der Waals surface area (Å²) in [6.45, 7) is 19.5. The molecule has 3 unspecified atom stereocenters. The quantitative estimate of drug-likeness (QED) is 0.0902. The fraction of sp³-hybridized carbons (Fsp3) is 0.696. The maximum absolute atomic E-state index is 12.6. The number of amides is 1. The normalized spacial score (nSPS) is 20.4. The number of nitrogens with zero attached hydrogens (tertiary/aromatic N) is 4. The molecule has 2 aliphatic rings. The molecule has 8 atom stereocenters. The molecule has 0 saturated carbocycles. The second-order valence-corrected chi connectivity index (χ2v) is 20.7. The highest BCUT2D eigenvalue weighted by Crippen LogP contribution is 2.29. The number of ether oxygens (including phenoxy) is 6. The van der Waals surface area contributed by atoms with Gasteiger partial charge in [-0.2, -0.15) is 9.97 Å². The van der Waals surface area contributed by atoms with Crippen LogP contribution in [0.1, 0.15) is 134 Å². The molecule has 0 radical (unpaired) electrons. The van der Waals surface area contributed by atoms with E-state index in [1.54, 1.807) is 83.1 Å². The van der Waals surface area contributed by atoms with Crippen LogP contribution in [0.3, 0.4) is 0 Å². The van der Waals surface area contributed by atoms with E-state index in [2.05, 4.69) is 15.3 Å². The van der Waals surface area contributed by atoms with Gasteiger partial charge in [0.25, 0.3) is 0 Å². The number of anilines is 2. The first-order chi connectivity index (χ1) is 32.5. The summed E-state index contributed by atoms with van der Waals surface area (Å²) in [5, 5.41) is 48.7. The number of hydrogen-bond donors (Lipinski definition) is 7. The molecule has 2 aromatic heterocycles. The van der Waals surface area contributed by atoms with Crippen LogP contribution in [0.4, 0.5) is 11.6 Å². The molecule has 2 aromatic rings. The Balaban J connectivity index is 0.00000115. The van der Waals surface area contributed by atoms with Gasteiger partial charge in [0.15, 0.2) is 0 Å². The number of aliphatic hydroxyl groups excluding tert-OH is 4. The fourth-order valence-electron chi connectivity index (χ4n) is 6.49. The zero-order valence-electron chi connectivity index (χ0n) is 43.4. The number of carboxylic acids is 1. The molecular formula is C46H76N6O21. The van der Waals surface area contributed by atoms with Crippen molar-refractivity contribution in [2.75, 3.05) is 24.3 Å². The maximum Gasteiger partial charge on any atom is 0.351 e. The minimum absolute atomic E-state index is 0. The summed E-state index contributed by atoms with van der Waals surface area (Å²) in [4.78, 5) is 103. The van der Waals surface area contributed by atoms with Gasteiger partial charge >= 0.3 is 41.2 Å². The number of nitrogen functional groups attached to an aromatic ring is 1. The average molecular weight is 1050 g/mol. The summed E-state index contributed by atoms with van der Waals surface area (Å²) < 4.78 is 34.0. The molecule has 4 rings (SSSR count). The molecule has 0 aliphatic carbocycles. The molecule has 0 spiro atoms. The number of nitrogens with two attached hydrogens (primary N) is 1. The Labute approximate surface area is 421 Å². The number of rotatable bonds is 15. The first-order valence-electron chi connectivity index (χ1n) is 22.7. The van der Waals surface area contributed by atoms with Crippen LogP contribution < -0.4 is 22.4 Å². The first kappa shape index (κ1) is 67.1. The second kappa shape index (κ2) is 28.5. The van der Waals surface area contributed by atoms with Gasteiger partial charge in [-0.25, -0.2) is 9.59 Å². The minimum atomic E-state index is -1.16. The number of carbonyl (C=O) groups is 6. The van der Waals surface area contributed by atoms with Crippen LogP contribution >= 0.6 is 0 Å². The second-order valence-electron chi connectivity index (χ2n) is 20.7. The van der Waals surface area contributed by atoms with Crippen LogP contribution in [0.5, 0.6) is 0 Å². The Hall–Kier alpha value is -5.94. The monoisotopic (exact) mass is 1050 g/mol. The van der Waals surface area contributed by atoms with E-state index in [1.165, 1.54) is 29.1 Å². The third-order valence-corrected chi connectivity index (χ3v) is 9.34. The molecule has 4 heterocycles. The van der Waals surface area contributed by atoms with Crippen LogP contribution in [0.2, 0.25) is 0 Å². The largest absolute Gasteiger partial charge is 0.481 e. The van der Waals surface area contributed by atoms with Gasteiger partial charge in [0.05, 0.1) is 56.5 Å². The molecule has 27 heteroatoms. The van der Waals surface area contributed by atoms with Crippen LogP contribution in [0.15, 0.2) is 34.1 Å². The maximum atomic E-state index is 12.6. The summed E-state index contributed by atoms with van der Waals surface area (Å²) >= 11 is 0. The molecule has 416 valence electrons. The molecule has 1 amide bonds.